The molecule has 4 rings (SSSR count). The maximum atomic E-state index is 12.8. The van der Waals surface area contributed by atoms with Crippen molar-refractivity contribution in [3.05, 3.63) is 101 Å². The molecule has 0 fully saturated rings. The number of carbonyl (C=O) groups is 2. The third-order valence-electron chi connectivity index (χ3n) is 6.35. The van der Waals surface area contributed by atoms with Crippen molar-refractivity contribution in [1.82, 2.24) is 10.2 Å². The van der Waals surface area contributed by atoms with E-state index in [1.165, 1.54) is 11.1 Å². The fourth-order valence-electron chi connectivity index (χ4n) is 4.43. The van der Waals surface area contributed by atoms with Crippen LogP contribution < -0.4 is 10.1 Å². The molecule has 0 bridgehead atoms. The summed E-state index contributed by atoms with van der Waals surface area (Å²) in [6.45, 7) is 6.87. The van der Waals surface area contributed by atoms with E-state index < -0.39 is 6.10 Å². The molecule has 176 valence electrons. The molecule has 34 heavy (non-hydrogen) atoms. The molecular formula is C29H32N2O3. The summed E-state index contributed by atoms with van der Waals surface area (Å²) in [5.74, 6) is 0.597. The van der Waals surface area contributed by atoms with E-state index in [-0.39, 0.29) is 17.9 Å². The highest BCUT2D eigenvalue weighted by Gasteiger charge is 2.32. The second kappa shape index (κ2) is 10.6. The third-order valence-corrected chi connectivity index (χ3v) is 6.35. The van der Waals surface area contributed by atoms with E-state index in [1.807, 2.05) is 54.3 Å². The molecule has 2 atom stereocenters. The van der Waals surface area contributed by atoms with E-state index >= 15 is 0 Å². The summed E-state index contributed by atoms with van der Waals surface area (Å²) in [5, 5.41) is 2.93. The second-order valence-electron chi connectivity index (χ2n) is 8.83. The number of amides is 2. The van der Waals surface area contributed by atoms with Crippen LogP contribution in [0, 0.1) is 6.92 Å². The molecule has 5 heteroatoms. The molecule has 0 aliphatic carbocycles. The number of rotatable bonds is 7. The van der Waals surface area contributed by atoms with Gasteiger partial charge in [-0.2, -0.15) is 0 Å². The number of nitrogens with zero attached hydrogens (tertiary/aromatic N) is 1. The fraction of sp³-hybridized carbons (Fsp3) is 0.310. The molecule has 0 saturated carbocycles. The average molecular weight is 457 g/mol. The Kier molecular flexibility index (Phi) is 7.31. The molecule has 0 aromatic heterocycles. The van der Waals surface area contributed by atoms with Crippen molar-refractivity contribution in [3.63, 3.8) is 0 Å². The van der Waals surface area contributed by atoms with Crippen LogP contribution in [-0.2, 0) is 22.6 Å². The lowest BCUT2D eigenvalue weighted by Crippen LogP contribution is -2.40. The molecule has 0 unspecified atom stereocenters. The molecule has 0 spiro atoms. The Morgan fingerprint density at radius 1 is 1.06 bits per heavy atom. The van der Waals surface area contributed by atoms with Gasteiger partial charge in [-0.1, -0.05) is 73.2 Å². The highest BCUT2D eigenvalue weighted by atomic mass is 16.5. The zero-order valence-electron chi connectivity index (χ0n) is 20.1. The Bertz CT molecular complexity index is 1140. The van der Waals surface area contributed by atoms with Gasteiger partial charge in [-0.3, -0.25) is 9.59 Å². The summed E-state index contributed by atoms with van der Waals surface area (Å²) in [6, 6.07) is 24.0. The maximum absolute atomic E-state index is 12.8. The van der Waals surface area contributed by atoms with Crippen molar-refractivity contribution in [2.75, 3.05) is 6.54 Å². The van der Waals surface area contributed by atoms with Crippen LogP contribution in [-0.4, -0.2) is 29.4 Å². The number of nitrogens with one attached hydrogen (secondary N) is 1. The largest absolute Gasteiger partial charge is 0.481 e. The SMILES string of the molecule is CCC(=O)N1CCc2ccc(O[C@H](C)C(=O)NCc3ccccc3)cc2[C@H]1c1ccc(C)cc1. The lowest BCUT2D eigenvalue weighted by Gasteiger charge is -2.38. The Morgan fingerprint density at radius 3 is 2.50 bits per heavy atom. The minimum Gasteiger partial charge on any atom is -0.481 e. The van der Waals surface area contributed by atoms with Crippen molar-refractivity contribution in [3.8, 4) is 5.75 Å². The van der Waals surface area contributed by atoms with Gasteiger partial charge < -0.3 is 15.0 Å². The fourth-order valence-corrected chi connectivity index (χ4v) is 4.43. The minimum absolute atomic E-state index is 0.135. The number of aryl methyl sites for hydroxylation is 1. The summed E-state index contributed by atoms with van der Waals surface area (Å²) in [6.07, 6.45) is 0.625. The predicted octanol–water partition coefficient (Wildman–Crippen LogP) is 4.96. The Labute approximate surface area is 201 Å². The van der Waals surface area contributed by atoms with Crippen LogP contribution in [0.5, 0.6) is 5.75 Å². The van der Waals surface area contributed by atoms with E-state index in [4.69, 9.17) is 4.74 Å². The van der Waals surface area contributed by atoms with Gasteiger partial charge in [0.25, 0.3) is 5.91 Å². The highest BCUT2D eigenvalue weighted by molar-refractivity contribution is 5.80. The molecule has 2 amide bonds. The first kappa shape index (κ1) is 23.6. The van der Waals surface area contributed by atoms with Gasteiger partial charge in [-0.25, -0.2) is 0 Å². The van der Waals surface area contributed by atoms with Crippen LogP contribution in [0.4, 0.5) is 0 Å². The number of fused-ring (bicyclic) bond motifs is 1. The van der Waals surface area contributed by atoms with Gasteiger partial charge in [-0.05, 0) is 54.7 Å². The van der Waals surface area contributed by atoms with Gasteiger partial charge in [0.05, 0.1) is 6.04 Å². The molecule has 0 radical (unpaired) electrons. The number of hydrogen-bond donors (Lipinski definition) is 1. The Morgan fingerprint density at radius 2 is 1.79 bits per heavy atom. The molecule has 1 N–H and O–H groups in total. The van der Waals surface area contributed by atoms with Crippen molar-refractivity contribution in [1.29, 1.82) is 0 Å². The van der Waals surface area contributed by atoms with Gasteiger partial charge in [0, 0.05) is 19.5 Å². The normalized spacial score (nSPS) is 15.9. The maximum Gasteiger partial charge on any atom is 0.261 e. The quantitative estimate of drug-likeness (QED) is 0.547. The van der Waals surface area contributed by atoms with Crippen LogP contribution in [0.3, 0.4) is 0 Å². The number of carbonyl (C=O) groups excluding carboxylic acids is 2. The van der Waals surface area contributed by atoms with E-state index in [0.717, 1.165) is 23.1 Å². The van der Waals surface area contributed by atoms with Crippen molar-refractivity contribution in [2.24, 2.45) is 0 Å². The van der Waals surface area contributed by atoms with Gasteiger partial charge >= 0.3 is 0 Å². The first-order valence-corrected chi connectivity index (χ1v) is 11.9. The van der Waals surface area contributed by atoms with Gasteiger partial charge in [0.15, 0.2) is 6.10 Å². The number of hydrogen-bond acceptors (Lipinski definition) is 3. The molecule has 1 heterocycles. The topological polar surface area (TPSA) is 58.6 Å². The monoisotopic (exact) mass is 456 g/mol. The predicted molar refractivity (Wildman–Crippen MR) is 134 cm³/mol. The summed E-state index contributed by atoms with van der Waals surface area (Å²) in [7, 11) is 0. The van der Waals surface area contributed by atoms with Gasteiger partial charge in [-0.15, -0.1) is 0 Å². The van der Waals surface area contributed by atoms with Crippen molar-refractivity contribution in [2.45, 2.75) is 52.3 Å². The lowest BCUT2D eigenvalue weighted by molar-refractivity contribution is -0.133. The zero-order chi connectivity index (χ0) is 24.1. The average Bonchev–Trinajstić information content (AvgIpc) is 2.87. The van der Waals surface area contributed by atoms with Crippen LogP contribution in [0.15, 0.2) is 72.8 Å². The molecule has 3 aromatic carbocycles. The van der Waals surface area contributed by atoms with Gasteiger partial charge in [0.1, 0.15) is 5.75 Å². The third kappa shape index (κ3) is 5.30. The lowest BCUT2D eigenvalue weighted by atomic mass is 9.87. The number of ether oxygens (including phenoxy) is 1. The van der Waals surface area contributed by atoms with Crippen LogP contribution >= 0.6 is 0 Å². The summed E-state index contributed by atoms with van der Waals surface area (Å²) in [4.78, 5) is 27.4. The molecular weight excluding hydrogens is 424 g/mol. The van der Waals surface area contributed by atoms with Crippen LogP contribution in [0.2, 0.25) is 0 Å². The Hall–Kier alpha value is -3.60. The highest BCUT2D eigenvalue weighted by Crippen LogP contribution is 2.37. The molecule has 1 aliphatic rings. The molecule has 5 nitrogen and oxygen atoms in total. The van der Waals surface area contributed by atoms with E-state index in [1.54, 1.807) is 6.92 Å². The second-order valence-corrected chi connectivity index (χ2v) is 8.83. The molecule has 3 aromatic rings. The van der Waals surface area contributed by atoms with Crippen molar-refractivity contribution >= 4 is 11.8 Å². The number of benzene rings is 3. The minimum atomic E-state index is -0.642. The van der Waals surface area contributed by atoms with Gasteiger partial charge in [0.2, 0.25) is 5.91 Å². The Balaban J connectivity index is 1.55. The van der Waals surface area contributed by atoms with Crippen LogP contribution in [0.1, 0.15) is 54.1 Å². The first-order chi connectivity index (χ1) is 16.5. The first-order valence-electron chi connectivity index (χ1n) is 11.9. The van der Waals surface area contributed by atoms with Crippen LogP contribution in [0.25, 0.3) is 0 Å². The van der Waals surface area contributed by atoms with Crippen molar-refractivity contribution < 1.29 is 14.3 Å². The summed E-state index contributed by atoms with van der Waals surface area (Å²) < 4.78 is 6.04. The zero-order valence-corrected chi connectivity index (χ0v) is 20.1. The molecule has 0 saturated heterocycles. The van der Waals surface area contributed by atoms with E-state index in [9.17, 15) is 9.59 Å². The van der Waals surface area contributed by atoms with E-state index in [2.05, 4.69) is 42.6 Å². The summed E-state index contributed by atoms with van der Waals surface area (Å²) >= 11 is 0. The smallest absolute Gasteiger partial charge is 0.261 e. The molecule has 1 aliphatic heterocycles. The standard InChI is InChI=1S/C29H32N2O3/c1-4-27(32)31-17-16-23-14-15-25(18-26(23)28(31)24-12-10-20(2)11-13-24)34-21(3)29(33)30-19-22-8-6-5-7-9-22/h5-15,18,21,28H,4,16-17,19H2,1-3H3,(H,30,33)/t21-,28-/m1/s1. The summed E-state index contributed by atoms with van der Waals surface area (Å²) in [5.41, 5.74) is 5.57. The van der Waals surface area contributed by atoms with E-state index in [0.29, 0.717) is 25.3 Å².